The van der Waals surface area contributed by atoms with Crippen LogP contribution in [-0.2, 0) is 6.18 Å². The van der Waals surface area contributed by atoms with Gasteiger partial charge in [-0.15, -0.1) is 0 Å². The molecule has 0 aliphatic heterocycles. The number of anilines is 1. The maximum absolute atomic E-state index is 13.0. The van der Waals surface area contributed by atoms with Crippen LogP contribution < -0.4 is 5.32 Å². The van der Waals surface area contributed by atoms with Crippen LogP contribution in [0.3, 0.4) is 0 Å². The summed E-state index contributed by atoms with van der Waals surface area (Å²) in [6.07, 6.45) is -4.62. The van der Waals surface area contributed by atoms with Crippen LogP contribution in [0.5, 0.6) is 0 Å². The Kier molecular flexibility index (Phi) is 4.31. The average molecular weight is 404 g/mol. The van der Waals surface area contributed by atoms with Crippen LogP contribution in [-0.4, -0.2) is 5.91 Å². The van der Waals surface area contributed by atoms with Gasteiger partial charge in [0.25, 0.3) is 5.91 Å². The molecular formula is C21H13ClF3NO2. The predicted molar refractivity (Wildman–Crippen MR) is 103 cm³/mol. The SMILES string of the molecule is Cc1c(C(=O)Nc2ccc(Cl)c(C(F)(F)F)c2)oc2c1ccc1ccccc12. The van der Waals surface area contributed by atoms with E-state index in [4.69, 9.17) is 16.0 Å². The Morgan fingerprint density at radius 2 is 1.79 bits per heavy atom. The molecule has 28 heavy (non-hydrogen) atoms. The highest BCUT2D eigenvalue weighted by atomic mass is 35.5. The van der Waals surface area contributed by atoms with Crippen molar-refractivity contribution < 1.29 is 22.4 Å². The second kappa shape index (κ2) is 6.56. The van der Waals surface area contributed by atoms with Gasteiger partial charge in [0.1, 0.15) is 5.58 Å². The van der Waals surface area contributed by atoms with Gasteiger partial charge in [-0.05, 0) is 30.5 Å². The Morgan fingerprint density at radius 3 is 2.54 bits per heavy atom. The van der Waals surface area contributed by atoms with Gasteiger partial charge in [-0.3, -0.25) is 4.79 Å². The molecule has 1 amide bonds. The number of rotatable bonds is 2. The fourth-order valence-corrected chi connectivity index (χ4v) is 3.40. The van der Waals surface area contributed by atoms with E-state index in [1.807, 2.05) is 36.4 Å². The maximum atomic E-state index is 13.0. The van der Waals surface area contributed by atoms with Gasteiger partial charge < -0.3 is 9.73 Å². The van der Waals surface area contributed by atoms with Gasteiger partial charge in [0.2, 0.25) is 0 Å². The van der Waals surface area contributed by atoms with Gasteiger partial charge in [0.15, 0.2) is 5.76 Å². The summed E-state index contributed by atoms with van der Waals surface area (Å²) in [5, 5.41) is 4.61. The molecule has 0 fully saturated rings. The summed E-state index contributed by atoms with van der Waals surface area (Å²) in [7, 11) is 0. The number of benzene rings is 3. The highest BCUT2D eigenvalue weighted by molar-refractivity contribution is 6.31. The van der Waals surface area contributed by atoms with Crippen molar-refractivity contribution >= 4 is 44.9 Å². The number of furan rings is 1. The zero-order valence-electron chi connectivity index (χ0n) is 14.5. The first-order valence-electron chi connectivity index (χ1n) is 8.34. The van der Waals surface area contributed by atoms with Crippen molar-refractivity contribution in [1.29, 1.82) is 0 Å². The number of carbonyl (C=O) groups is 1. The summed E-state index contributed by atoms with van der Waals surface area (Å²) < 4.78 is 44.9. The van der Waals surface area contributed by atoms with Gasteiger partial charge in [-0.1, -0.05) is 48.0 Å². The van der Waals surface area contributed by atoms with Crippen LogP contribution in [0.25, 0.3) is 21.7 Å². The number of alkyl halides is 3. The van der Waals surface area contributed by atoms with E-state index >= 15 is 0 Å². The van der Waals surface area contributed by atoms with Gasteiger partial charge in [0.05, 0.1) is 10.6 Å². The third-order valence-electron chi connectivity index (χ3n) is 4.56. The van der Waals surface area contributed by atoms with E-state index in [0.29, 0.717) is 11.1 Å². The minimum absolute atomic E-state index is 0.0218. The Labute approximate surface area is 162 Å². The fourth-order valence-electron chi connectivity index (χ4n) is 3.17. The zero-order valence-corrected chi connectivity index (χ0v) is 15.3. The molecule has 0 aliphatic carbocycles. The average Bonchev–Trinajstić information content (AvgIpc) is 3.00. The number of amides is 1. The monoisotopic (exact) mass is 403 g/mol. The predicted octanol–water partition coefficient (Wildman–Crippen LogP) is 6.82. The number of aryl methyl sites for hydroxylation is 1. The molecule has 4 rings (SSSR count). The molecule has 1 aromatic heterocycles. The highest BCUT2D eigenvalue weighted by Crippen LogP contribution is 2.37. The van der Waals surface area contributed by atoms with E-state index in [0.717, 1.165) is 28.3 Å². The lowest BCUT2D eigenvalue weighted by Gasteiger charge is -2.11. The summed E-state index contributed by atoms with van der Waals surface area (Å²) >= 11 is 5.62. The van der Waals surface area contributed by atoms with Crippen molar-refractivity contribution in [2.24, 2.45) is 0 Å². The zero-order chi connectivity index (χ0) is 20.1. The molecule has 4 aromatic rings. The van der Waals surface area contributed by atoms with Gasteiger partial charge in [-0.25, -0.2) is 0 Å². The van der Waals surface area contributed by atoms with E-state index in [1.54, 1.807) is 6.92 Å². The fraction of sp³-hybridized carbons (Fsp3) is 0.0952. The normalized spacial score (nSPS) is 11.9. The number of hydrogen-bond acceptors (Lipinski definition) is 2. The lowest BCUT2D eigenvalue weighted by atomic mass is 10.1. The van der Waals surface area contributed by atoms with Crippen LogP contribution in [0.4, 0.5) is 18.9 Å². The topological polar surface area (TPSA) is 42.2 Å². The Bertz CT molecular complexity index is 1230. The van der Waals surface area contributed by atoms with E-state index in [1.165, 1.54) is 6.07 Å². The van der Waals surface area contributed by atoms with Crippen LogP contribution in [0, 0.1) is 6.92 Å². The summed E-state index contributed by atoms with van der Waals surface area (Å²) in [4.78, 5) is 12.7. The molecular weight excluding hydrogens is 391 g/mol. The van der Waals surface area contributed by atoms with Crippen molar-refractivity contribution in [1.82, 2.24) is 0 Å². The molecule has 0 aliphatic rings. The number of carbonyl (C=O) groups excluding carboxylic acids is 1. The molecule has 142 valence electrons. The maximum Gasteiger partial charge on any atom is 0.417 e. The number of fused-ring (bicyclic) bond motifs is 3. The number of hydrogen-bond donors (Lipinski definition) is 1. The first-order valence-corrected chi connectivity index (χ1v) is 8.72. The molecule has 1 N–H and O–H groups in total. The Morgan fingerprint density at radius 1 is 1.04 bits per heavy atom. The van der Waals surface area contributed by atoms with Gasteiger partial charge >= 0.3 is 6.18 Å². The van der Waals surface area contributed by atoms with Crippen molar-refractivity contribution in [3.63, 3.8) is 0 Å². The molecule has 3 nitrogen and oxygen atoms in total. The summed E-state index contributed by atoms with van der Waals surface area (Å²) in [5.41, 5.74) is 0.141. The largest absolute Gasteiger partial charge is 0.450 e. The van der Waals surface area contributed by atoms with Crippen LogP contribution in [0.1, 0.15) is 21.7 Å². The van der Waals surface area contributed by atoms with Gasteiger partial charge in [0, 0.05) is 22.0 Å². The van der Waals surface area contributed by atoms with Gasteiger partial charge in [-0.2, -0.15) is 13.2 Å². The Hall–Kier alpha value is -2.99. The molecule has 0 unspecified atom stereocenters. The van der Waals surface area contributed by atoms with Crippen molar-refractivity contribution in [3.05, 3.63) is 76.5 Å². The standard InChI is InChI=1S/C21H13ClF3NO2/c1-11-14-8-6-12-4-2-3-5-15(12)19(14)28-18(11)20(27)26-13-7-9-17(22)16(10-13)21(23,24)25/h2-10H,1H3,(H,26,27). The minimum Gasteiger partial charge on any atom is -0.450 e. The molecule has 0 saturated carbocycles. The molecule has 0 saturated heterocycles. The lowest BCUT2D eigenvalue weighted by molar-refractivity contribution is -0.137. The highest BCUT2D eigenvalue weighted by Gasteiger charge is 2.33. The van der Waals surface area contributed by atoms with Crippen molar-refractivity contribution in [3.8, 4) is 0 Å². The lowest BCUT2D eigenvalue weighted by Crippen LogP contribution is -2.13. The number of nitrogens with one attached hydrogen (secondary N) is 1. The smallest absolute Gasteiger partial charge is 0.417 e. The molecule has 3 aromatic carbocycles. The van der Waals surface area contributed by atoms with Crippen LogP contribution in [0.2, 0.25) is 5.02 Å². The van der Waals surface area contributed by atoms with Crippen molar-refractivity contribution in [2.45, 2.75) is 13.1 Å². The van der Waals surface area contributed by atoms with E-state index in [2.05, 4.69) is 5.32 Å². The second-order valence-corrected chi connectivity index (χ2v) is 6.77. The molecule has 0 bridgehead atoms. The second-order valence-electron chi connectivity index (χ2n) is 6.37. The summed E-state index contributed by atoms with van der Waals surface area (Å²) in [5.74, 6) is -0.580. The molecule has 1 heterocycles. The van der Waals surface area contributed by atoms with Crippen LogP contribution >= 0.6 is 11.6 Å². The van der Waals surface area contributed by atoms with E-state index < -0.39 is 22.7 Å². The molecule has 7 heteroatoms. The summed E-state index contributed by atoms with van der Waals surface area (Å²) in [6.45, 7) is 1.73. The summed E-state index contributed by atoms with van der Waals surface area (Å²) in [6, 6.07) is 14.6. The molecule has 0 radical (unpaired) electrons. The first-order chi connectivity index (χ1) is 13.3. The Balaban J connectivity index is 1.74. The quantitative estimate of drug-likeness (QED) is 0.399. The minimum atomic E-state index is -4.62. The van der Waals surface area contributed by atoms with Crippen LogP contribution in [0.15, 0.2) is 59.0 Å². The third kappa shape index (κ3) is 3.10. The molecule has 0 spiro atoms. The van der Waals surface area contributed by atoms with E-state index in [-0.39, 0.29) is 11.4 Å². The number of halogens is 4. The van der Waals surface area contributed by atoms with Crippen molar-refractivity contribution in [2.75, 3.05) is 5.32 Å². The first kappa shape index (κ1) is 18.4. The molecule has 0 atom stereocenters. The van der Waals surface area contributed by atoms with E-state index in [9.17, 15) is 18.0 Å². The third-order valence-corrected chi connectivity index (χ3v) is 4.89.